The van der Waals surface area contributed by atoms with Gasteiger partial charge in [0, 0.05) is 6.54 Å². The molecule has 2 fully saturated rings. The molecule has 2 rings (SSSR count). The molecular formula is C13H24N2O4. The molecule has 1 amide bonds. The largest absolute Gasteiger partial charge is 0.394 e. The maximum atomic E-state index is 12.1. The van der Waals surface area contributed by atoms with Crippen molar-refractivity contribution in [3.8, 4) is 0 Å². The molecule has 0 spiro atoms. The van der Waals surface area contributed by atoms with Gasteiger partial charge in [-0.25, -0.2) is 0 Å². The van der Waals surface area contributed by atoms with E-state index in [1.54, 1.807) is 4.90 Å². The molecule has 6 heteroatoms. The summed E-state index contributed by atoms with van der Waals surface area (Å²) in [7, 11) is 0. The second-order valence-corrected chi connectivity index (χ2v) is 5.07. The monoisotopic (exact) mass is 272 g/mol. The lowest BCUT2D eigenvalue weighted by Gasteiger charge is -2.34. The molecule has 110 valence electrons. The van der Waals surface area contributed by atoms with Crippen molar-refractivity contribution < 1.29 is 19.4 Å². The molecular weight excluding hydrogens is 248 g/mol. The van der Waals surface area contributed by atoms with Crippen LogP contribution in [0.15, 0.2) is 0 Å². The van der Waals surface area contributed by atoms with Crippen LogP contribution in [-0.4, -0.2) is 74.1 Å². The van der Waals surface area contributed by atoms with Gasteiger partial charge in [-0.2, -0.15) is 0 Å². The third-order valence-corrected chi connectivity index (χ3v) is 3.71. The second-order valence-electron chi connectivity index (χ2n) is 5.07. The number of nitrogens with zero attached hydrogens (tertiary/aromatic N) is 1. The SMILES string of the molecule is O=C(CCOC1CCNCC1)N1CCOCC1CO. The summed E-state index contributed by atoms with van der Waals surface area (Å²) in [5.41, 5.74) is 0. The number of rotatable bonds is 5. The van der Waals surface area contributed by atoms with E-state index in [4.69, 9.17) is 9.47 Å². The minimum absolute atomic E-state index is 0.0408. The quantitative estimate of drug-likeness (QED) is 0.697. The van der Waals surface area contributed by atoms with Crippen molar-refractivity contribution >= 4 is 5.91 Å². The predicted molar refractivity (Wildman–Crippen MR) is 69.9 cm³/mol. The van der Waals surface area contributed by atoms with Gasteiger partial charge in [-0.1, -0.05) is 0 Å². The molecule has 0 aromatic carbocycles. The Balaban J connectivity index is 1.67. The van der Waals surface area contributed by atoms with E-state index in [1.165, 1.54) is 0 Å². The fourth-order valence-corrected chi connectivity index (χ4v) is 2.55. The Labute approximate surface area is 114 Å². The molecule has 6 nitrogen and oxygen atoms in total. The van der Waals surface area contributed by atoms with Crippen molar-refractivity contribution in [2.24, 2.45) is 0 Å². The third-order valence-electron chi connectivity index (χ3n) is 3.71. The molecule has 0 aromatic heterocycles. The molecule has 2 saturated heterocycles. The average molecular weight is 272 g/mol. The maximum absolute atomic E-state index is 12.1. The highest BCUT2D eigenvalue weighted by Gasteiger charge is 2.26. The lowest BCUT2D eigenvalue weighted by Crippen LogP contribution is -2.50. The van der Waals surface area contributed by atoms with Crippen molar-refractivity contribution in [1.82, 2.24) is 10.2 Å². The smallest absolute Gasteiger partial charge is 0.225 e. The van der Waals surface area contributed by atoms with Gasteiger partial charge in [0.2, 0.25) is 5.91 Å². The number of carbonyl (C=O) groups is 1. The predicted octanol–water partition coefficient (Wildman–Crippen LogP) is -0.635. The Bertz CT molecular complexity index is 282. The van der Waals surface area contributed by atoms with Gasteiger partial charge < -0.3 is 24.8 Å². The van der Waals surface area contributed by atoms with E-state index >= 15 is 0 Å². The van der Waals surface area contributed by atoms with Crippen LogP contribution >= 0.6 is 0 Å². The molecule has 0 bridgehead atoms. The highest BCUT2D eigenvalue weighted by molar-refractivity contribution is 5.76. The first-order valence-electron chi connectivity index (χ1n) is 7.11. The van der Waals surface area contributed by atoms with E-state index in [0.29, 0.717) is 32.8 Å². The molecule has 2 heterocycles. The Kier molecular flexibility index (Phi) is 6.03. The zero-order valence-electron chi connectivity index (χ0n) is 11.3. The van der Waals surface area contributed by atoms with E-state index in [1.807, 2.05) is 0 Å². The number of aliphatic hydroxyl groups excluding tert-OH is 1. The summed E-state index contributed by atoms with van der Waals surface area (Å²) in [6, 6.07) is -0.194. The fourth-order valence-electron chi connectivity index (χ4n) is 2.55. The van der Waals surface area contributed by atoms with Gasteiger partial charge in [-0.05, 0) is 25.9 Å². The van der Waals surface area contributed by atoms with Crippen LogP contribution in [0.2, 0.25) is 0 Å². The van der Waals surface area contributed by atoms with E-state index in [9.17, 15) is 9.90 Å². The van der Waals surface area contributed by atoms with Crippen LogP contribution in [0.1, 0.15) is 19.3 Å². The molecule has 0 saturated carbocycles. The number of aliphatic hydroxyl groups is 1. The summed E-state index contributed by atoms with van der Waals surface area (Å²) in [5.74, 6) is 0.0521. The Morgan fingerprint density at radius 2 is 2.21 bits per heavy atom. The number of carbonyl (C=O) groups excluding carboxylic acids is 1. The van der Waals surface area contributed by atoms with Crippen LogP contribution < -0.4 is 5.32 Å². The normalized spacial score (nSPS) is 25.5. The minimum Gasteiger partial charge on any atom is -0.394 e. The number of piperidine rings is 1. The zero-order chi connectivity index (χ0) is 13.5. The standard InChI is InChI=1S/C13H24N2O4/c16-9-11-10-18-8-6-15(11)13(17)3-7-19-12-1-4-14-5-2-12/h11-12,14,16H,1-10H2. The summed E-state index contributed by atoms with van der Waals surface area (Å²) < 4.78 is 11.0. The Morgan fingerprint density at radius 1 is 1.42 bits per heavy atom. The third kappa shape index (κ3) is 4.42. The fraction of sp³-hybridized carbons (Fsp3) is 0.923. The van der Waals surface area contributed by atoms with Crippen LogP contribution in [0.25, 0.3) is 0 Å². The zero-order valence-corrected chi connectivity index (χ0v) is 11.3. The molecule has 0 aromatic rings. The lowest BCUT2D eigenvalue weighted by atomic mass is 10.1. The summed E-state index contributed by atoms with van der Waals surface area (Å²) in [6.07, 6.45) is 2.71. The summed E-state index contributed by atoms with van der Waals surface area (Å²) in [6.45, 7) is 3.97. The van der Waals surface area contributed by atoms with Gasteiger partial charge in [0.05, 0.1) is 45.0 Å². The number of hydrogen-bond acceptors (Lipinski definition) is 5. The molecule has 2 N–H and O–H groups in total. The number of ether oxygens (including phenoxy) is 2. The molecule has 1 atom stereocenters. The second kappa shape index (κ2) is 7.79. The molecule has 2 aliphatic rings. The summed E-state index contributed by atoms with van der Waals surface area (Å²) >= 11 is 0. The summed E-state index contributed by atoms with van der Waals surface area (Å²) in [4.78, 5) is 13.8. The van der Waals surface area contributed by atoms with Gasteiger partial charge in [-0.3, -0.25) is 4.79 Å². The minimum atomic E-state index is -0.194. The Hall–Kier alpha value is -0.690. The van der Waals surface area contributed by atoms with Crippen molar-refractivity contribution in [2.75, 3.05) is 46.1 Å². The van der Waals surface area contributed by atoms with Gasteiger partial charge in [0.25, 0.3) is 0 Å². The van der Waals surface area contributed by atoms with Crippen LogP contribution in [0.4, 0.5) is 0 Å². The number of nitrogens with one attached hydrogen (secondary N) is 1. The highest BCUT2D eigenvalue weighted by Crippen LogP contribution is 2.11. The molecule has 19 heavy (non-hydrogen) atoms. The number of hydrogen-bond donors (Lipinski definition) is 2. The van der Waals surface area contributed by atoms with Crippen molar-refractivity contribution in [1.29, 1.82) is 0 Å². The highest BCUT2D eigenvalue weighted by atomic mass is 16.5. The van der Waals surface area contributed by atoms with Crippen molar-refractivity contribution in [3.63, 3.8) is 0 Å². The Morgan fingerprint density at radius 3 is 2.95 bits per heavy atom. The van der Waals surface area contributed by atoms with Gasteiger partial charge in [0.15, 0.2) is 0 Å². The van der Waals surface area contributed by atoms with Crippen molar-refractivity contribution in [3.05, 3.63) is 0 Å². The van der Waals surface area contributed by atoms with Crippen LogP contribution in [0.3, 0.4) is 0 Å². The topological polar surface area (TPSA) is 71.0 Å². The number of morpholine rings is 1. The first-order valence-corrected chi connectivity index (χ1v) is 7.11. The molecule has 0 aliphatic carbocycles. The van der Waals surface area contributed by atoms with Gasteiger partial charge >= 0.3 is 0 Å². The van der Waals surface area contributed by atoms with E-state index in [-0.39, 0.29) is 24.7 Å². The van der Waals surface area contributed by atoms with Gasteiger partial charge in [-0.15, -0.1) is 0 Å². The molecule has 2 aliphatic heterocycles. The molecule has 0 radical (unpaired) electrons. The first kappa shape index (κ1) is 14.7. The van der Waals surface area contributed by atoms with E-state index in [0.717, 1.165) is 25.9 Å². The van der Waals surface area contributed by atoms with Crippen molar-refractivity contribution in [2.45, 2.75) is 31.4 Å². The maximum Gasteiger partial charge on any atom is 0.225 e. The van der Waals surface area contributed by atoms with Crippen LogP contribution in [-0.2, 0) is 14.3 Å². The first-order chi connectivity index (χ1) is 9.31. The summed E-state index contributed by atoms with van der Waals surface area (Å²) in [5, 5.41) is 12.5. The van der Waals surface area contributed by atoms with E-state index < -0.39 is 0 Å². The van der Waals surface area contributed by atoms with Crippen LogP contribution in [0, 0.1) is 0 Å². The van der Waals surface area contributed by atoms with Crippen LogP contribution in [0.5, 0.6) is 0 Å². The van der Waals surface area contributed by atoms with Gasteiger partial charge in [0.1, 0.15) is 0 Å². The van der Waals surface area contributed by atoms with E-state index in [2.05, 4.69) is 5.32 Å². The molecule has 1 unspecified atom stereocenters. The lowest BCUT2D eigenvalue weighted by molar-refractivity contribution is -0.143. The number of amides is 1. The average Bonchev–Trinajstić information content (AvgIpc) is 2.48.